The maximum absolute atomic E-state index is 7.50. The molecular formula is C24H26CrO6. The van der Waals surface area contributed by atoms with Gasteiger partial charge in [-0.2, -0.15) is 0 Å². The normalized spacial score (nSPS) is 18.2. The third-order valence-corrected chi connectivity index (χ3v) is 4.80. The number of rotatable bonds is 5. The Morgan fingerprint density at radius 2 is 1.42 bits per heavy atom. The van der Waals surface area contributed by atoms with Crippen LogP contribution in [0.5, 0.6) is 0 Å². The van der Waals surface area contributed by atoms with Crippen LogP contribution in [0.4, 0.5) is 0 Å². The Labute approximate surface area is 193 Å². The van der Waals surface area contributed by atoms with Gasteiger partial charge in [-0.1, -0.05) is 0 Å². The van der Waals surface area contributed by atoms with Gasteiger partial charge in [0.1, 0.15) is 0 Å². The minimum atomic E-state index is 0.352. The summed E-state index contributed by atoms with van der Waals surface area (Å²) >= 11 is 3.08. The zero-order valence-electron chi connectivity index (χ0n) is 17.8. The summed E-state index contributed by atoms with van der Waals surface area (Å²) in [6.45, 7) is 29.5. The molecule has 31 heavy (non-hydrogen) atoms. The van der Waals surface area contributed by atoms with Gasteiger partial charge in [-0.05, 0) is 0 Å². The quantitative estimate of drug-likeness (QED) is 0.460. The van der Waals surface area contributed by atoms with Gasteiger partial charge in [0.2, 0.25) is 0 Å². The fourth-order valence-electron chi connectivity index (χ4n) is 3.17. The van der Waals surface area contributed by atoms with Gasteiger partial charge in [-0.25, -0.2) is 0 Å². The summed E-state index contributed by atoms with van der Waals surface area (Å²) in [5.74, 6) is 2.14. The van der Waals surface area contributed by atoms with E-state index in [4.69, 9.17) is 28.0 Å². The summed E-state index contributed by atoms with van der Waals surface area (Å²) in [4.78, 5) is 0. The Hall–Kier alpha value is -1.98. The SMILES string of the molecule is CC(C)[C@@H]1CC[C@@H](C)C[C@H]1O[C](=[Cr])/C=C/c1ccccc1.[C-]#[O+].[C-]#[O+].[C-]#[O+].[C-]#[O+].[C-]#[O+]. The van der Waals surface area contributed by atoms with Crippen LogP contribution in [0.3, 0.4) is 0 Å². The van der Waals surface area contributed by atoms with E-state index >= 15 is 0 Å². The molecule has 0 heterocycles. The summed E-state index contributed by atoms with van der Waals surface area (Å²) in [7, 11) is 0. The van der Waals surface area contributed by atoms with Crippen molar-refractivity contribution in [3.8, 4) is 0 Å². The molecule has 0 spiro atoms. The monoisotopic (exact) mass is 462 g/mol. The van der Waals surface area contributed by atoms with E-state index in [1.165, 1.54) is 24.8 Å². The maximum atomic E-state index is 7.50. The van der Waals surface area contributed by atoms with E-state index in [0.29, 0.717) is 17.9 Å². The van der Waals surface area contributed by atoms with Crippen LogP contribution in [-0.2, 0) is 43.8 Å². The summed E-state index contributed by atoms with van der Waals surface area (Å²) in [5.41, 5.74) is 1.20. The molecule has 3 atom stereocenters. The van der Waals surface area contributed by atoms with E-state index in [9.17, 15) is 0 Å². The number of ether oxygens (including phenoxy) is 1. The molecule has 7 heteroatoms. The van der Waals surface area contributed by atoms with E-state index in [0.717, 1.165) is 10.5 Å². The van der Waals surface area contributed by atoms with Gasteiger partial charge in [0, 0.05) is 0 Å². The van der Waals surface area contributed by atoms with Gasteiger partial charge in [-0.15, -0.1) is 0 Å². The molecule has 164 valence electrons. The van der Waals surface area contributed by atoms with Gasteiger partial charge in [0.05, 0.1) is 0 Å². The van der Waals surface area contributed by atoms with Crippen LogP contribution < -0.4 is 0 Å². The minimum absolute atomic E-state index is 0.352. The third-order valence-electron chi connectivity index (χ3n) is 4.44. The number of hydrogen-bond donors (Lipinski definition) is 0. The molecule has 0 amide bonds. The molecule has 0 radical (unpaired) electrons. The van der Waals surface area contributed by atoms with Crippen LogP contribution in [0.2, 0.25) is 0 Å². The van der Waals surface area contributed by atoms with E-state index in [1.807, 2.05) is 12.1 Å². The first-order chi connectivity index (χ1) is 15.1. The van der Waals surface area contributed by atoms with Crippen LogP contribution in [0, 0.1) is 51.0 Å². The fourth-order valence-corrected chi connectivity index (χ4v) is 3.47. The summed E-state index contributed by atoms with van der Waals surface area (Å²) in [6.07, 6.45) is 8.30. The van der Waals surface area contributed by atoms with Gasteiger partial charge in [0.25, 0.3) is 0 Å². The molecule has 1 aromatic rings. The van der Waals surface area contributed by atoms with E-state index < -0.39 is 0 Å². The van der Waals surface area contributed by atoms with Gasteiger partial charge < -0.3 is 0 Å². The first kappa shape index (κ1) is 36.4. The Balaban J connectivity index is -0.000000320. The average molecular weight is 462 g/mol. The van der Waals surface area contributed by atoms with E-state index in [1.54, 1.807) is 0 Å². The summed E-state index contributed by atoms with van der Waals surface area (Å²) in [6, 6.07) is 10.3. The van der Waals surface area contributed by atoms with Crippen molar-refractivity contribution in [2.75, 3.05) is 0 Å². The Bertz CT molecular complexity index is 651. The van der Waals surface area contributed by atoms with Gasteiger partial charge in [0.15, 0.2) is 0 Å². The van der Waals surface area contributed by atoms with E-state index in [2.05, 4.69) is 100 Å². The second-order valence-corrected chi connectivity index (χ2v) is 7.17. The Morgan fingerprint density at radius 3 is 1.87 bits per heavy atom. The zero-order chi connectivity index (χ0) is 25.2. The molecule has 0 unspecified atom stereocenters. The first-order valence-electron chi connectivity index (χ1n) is 9.02. The second kappa shape index (κ2) is 28.0. The molecular weight excluding hydrogens is 436 g/mol. The van der Waals surface area contributed by atoms with Crippen molar-refractivity contribution in [1.29, 1.82) is 0 Å². The molecule has 2 rings (SSSR count). The summed E-state index contributed by atoms with van der Waals surface area (Å²) < 4.78 is 44.6. The topological polar surface area (TPSA) is 109 Å². The molecule has 1 aliphatic carbocycles. The van der Waals surface area contributed by atoms with Crippen LogP contribution in [0.25, 0.3) is 6.08 Å². The van der Waals surface area contributed by atoms with Crippen molar-refractivity contribution in [1.82, 2.24) is 0 Å². The number of hydrogen-bond acceptors (Lipinski definition) is 1. The van der Waals surface area contributed by atoms with Crippen molar-refractivity contribution in [3.63, 3.8) is 0 Å². The zero-order valence-corrected chi connectivity index (χ0v) is 19.1. The third kappa shape index (κ3) is 18.5. The van der Waals surface area contributed by atoms with Crippen LogP contribution in [0.1, 0.15) is 45.6 Å². The molecule has 1 aromatic carbocycles. The Morgan fingerprint density at radius 1 is 0.935 bits per heavy atom. The standard InChI is InChI=1S/C19H26O.5CO.Cr/c1-15(2)18-12-11-16(3)14-19(18)20-13-7-10-17-8-5-4-6-9-17;5*1-2;/h4-10,15-16,18-19H,11-12,14H2,1-3H3;;;;;;/b10-7+;;;;;;/t16-,18+,19-;;;;;;/m1....../s1. The molecule has 0 aromatic heterocycles. The van der Waals surface area contributed by atoms with Crippen LogP contribution >= 0.6 is 0 Å². The van der Waals surface area contributed by atoms with Crippen molar-refractivity contribution in [3.05, 3.63) is 75.2 Å². The average Bonchev–Trinajstić information content (AvgIpc) is 2.85. The van der Waals surface area contributed by atoms with Crippen molar-refractivity contribution in [2.24, 2.45) is 17.8 Å². The molecule has 1 fully saturated rings. The molecule has 0 N–H and O–H groups in total. The molecule has 6 nitrogen and oxygen atoms in total. The van der Waals surface area contributed by atoms with Crippen LogP contribution in [0.15, 0.2) is 36.4 Å². The van der Waals surface area contributed by atoms with E-state index in [-0.39, 0.29) is 0 Å². The second-order valence-electron chi connectivity index (χ2n) is 6.55. The predicted octanol–water partition coefficient (Wildman–Crippen LogP) is 4.67. The predicted molar refractivity (Wildman–Crippen MR) is 106 cm³/mol. The first-order valence-corrected chi connectivity index (χ1v) is 9.66. The molecule has 0 saturated heterocycles. The summed E-state index contributed by atoms with van der Waals surface area (Å²) in [5, 5.41) is 0. The molecule has 1 saturated carbocycles. The van der Waals surface area contributed by atoms with Crippen molar-refractivity contribution >= 4 is 10.6 Å². The molecule has 0 bridgehead atoms. The Kier molecular flexibility index (Phi) is 32.9. The van der Waals surface area contributed by atoms with Crippen molar-refractivity contribution < 1.29 is 43.8 Å². The van der Waals surface area contributed by atoms with Gasteiger partial charge in [-0.3, -0.25) is 0 Å². The molecule has 0 aliphatic heterocycles. The molecule has 1 aliphatic rings. The fraction of sp³-hybridized carbons (Fsp3) is 0.417. The van der Waals surface area contributed by atoms with Crippen LogP contribution in [-0.4, -0.2) is 10.7 Å². The van der Waals surface area contributed by atoms with Crippen molar-refractivity contribution in [2.45, 2.75) is 46.1 Å². The van der Waals surface area contributed by atoms with Gasteiger partial charge >= 0.3 is 194 Å². The number of benzene rings is 1.